The number of hydrogen-bond donors (Lipinski definition) is 2. The van der Waals surface area contributed by atoms with Crippen molar-refractivity contribution in [2.75, 3.05) is 6.54 Å². The van der Waals surface area contributed by atoms with Gasteiger partial charge < -0.3 is 19.9 Å². The molecule has 0 spiro atoms. The molecule has 0 atom stereocenters. The molecular weight excluding hydrogens is 262 g/mol. The van der Waals surface area contributed by atoms with Crippen LogP contribution >= 0.6 is 0 Å². The van der Waals surface area contributed by atoms with Crippen molar-refractivity contribution in [1.82, 2.24) is 5.32 Å². The van der Waals surface area contributed by atoms with Gasteiger partial charge in [0, 0.05) is 0 Å². The van der Waals surface area contributed by atoms with Gasteiger partial charge in [-0.1, -0.05) is 0 Å². The van der Waals surface area contributed by atoms with Gasteiger partial charge in [0.2, 0.25) is 0 Å². The third-order valence-electron chi connectivity index (χ3n) is 4.24. The van der Waals surface area contributed by atoms with Crippen LogP contribution in [-0.2, 0) is 14.3 Å². The molecular formula is C14H23NO5. The number of rotatable bonds is 3. The molecule has 0 aromatic rings. The number of nitrogens with one attached hydrogen (secondary N) is 1. The number of ether oxygens (including phenoxy) is 2. The zero-order valence-corrected chi connectivity index (χ0v) is 12.7. The van der Waals surface area contributed by atoms with Crippen LogP contribution in [0.1, 0.15) is 47.5 Å². The van der Waals surface area contributed by atoms with Gasteiger partial charge in [-0.05, 0) is 47.5 Å². The van der Waals surface area contributed by atoms with E-state index >= 15 is 0 Å². The summed E-state index contributed by atoms with van der Waals surface area (Å²) in [5.41, 5.74) is -2.67. The van der Waals surface area contributed by atoms with Crippen molar-refractivity contribution in [2.45, 2.75) is 64.3 Å². The predicted molar refractivity (Wildman–Crippen MR) is 71.4 cm³/mol. The third-order valence-corrected chi connectivity index (χ3v) is 4.24. The standard InChI is InChI=1S/C14H23NO5/c1-11(2,3)19-10(18)15-8-13-6-14(7-13,9(16)17)12(4,5)20-13/h6-8H2,1-5H3,(H,15,18)(H,16,17). The average Bonchev–Trinajstić information content (AvgIpc) is 2.53. The van der Waals surface area contributed by atoms with Crippen molar-refractivity contribution in [2.24, 2.45) is 5.41 Å². The van der Waals surface area contributed by atoms with Gasteiger partial charge >= 0.3 is 12.1 Å². The summed E-state index contributed by atoms with van der Waals surface area (Å²) in [7, 11) is 0. The Morgan fingerprint density at radius 3 is 2.25 bits per heavy atom. The Morgan fingerprint density at radius 2 is 1.85 bits per heavy atom. The fourth-order valence-electron chi connectivity index (χ4n) is 3.30. The SMILES string of the molecule is CC(C)(C)OC(=O)NCC12CC(C(=O)O)(C1)C(C)(C)O2. The number of aliphatic carboxylic acids is 1. The first kappa shape index (κ1) is 15.1. The molecule has 3 rings (SSSR count). The minimum absolute atomic E-state index is 0.278. The lowest BCUT2D eigenvalue weighted by atomic mass is 9.56. The molecule has 6 nitrogen and oxygen atoms in total. The molecule has 0 unspecified atom stereocenters. The normalized spacial score (nSPS) is 34.2. The predicted octanol–water partition coefficient (Wildman–Crippen LogP) is 1.92. The van der Waals surface area contributed by atoms with Gasteiger partial charge in [-0.25, -0.2) is 4.79 Å². The molecule has 1 amide bonds. The molecule has 2 aliphatic heterocycles. The van der Waals surface area contributed by atoms with E-state index in [1.165, 1.54) is 0 Å². The second-order valence-electron chi connectivity index (χ2n) is 7.39. The van der Waals surface area contributed by atoms with Crippen LogP contribution in [0, 0.1) is 5.41 Å². The van der Waals surface area contributed by atoms with E-state index in [0.717, 1.165) is 0 Å². The molecule has 1 saturated carbocycles. The van der Waals surface area contributed by atoms with Crippen molar-refractivity contribution >= 4 is 12.1 Å². The van der Waals surface area contributed by atoms with Crippen LogP contribution in [0.4, 0.5) is 4.79 Å². The lowest BCUT2D eigenvalue weighted by Gasteiger charge is -2.43. The van der Waals surface area contributed by atoms with Crippen LogP contribution < -0.4 is 5.32 Å². The number of carboxylic acids is 1. The van der Waals surface area contributed by atoms with Crippen LogP contribution in [0.2, 0.25) is 0 Å². The summed E-state index contributed by atoms with van der Waals surface area (Å²) in [5.74, 6) is -0.826. The van der Waals surface area contributed by atoms with Crippen molar-refractivity contribution in [3.63, 3.8) is 0 Å². The maximum absolute atomic E-state index is 11.6. The van der Waals surface area contributed by atoms with Crippen molar-refractivity contribution in [1.29, 1.82) is 0 Å². The van der Waals surface area contributed by atoms with Crippen molar-refractivity contribution in [3.05, 3.63) is 0 Å². The van der Waals surface area contributed by atoms with Gasteiger partial charge in [0.1, 0.15) is 11.0 Å². The van der Waals surface area contributed by atoms with Gasteiger partial charge in [-0.15, -0.1) is 0 Å². The lowest BCUT2D eigenvalue weighted by molar-refractivity contribution is -0.157. The molecule has 6 heteroatoms. The number of carboxylic acid groups (broad SMARTS) is 1. The molecule has 2 heterocycles. The number of carbonyl (C=O) groups is 2. The number of hydrogen-bond acceptors (Lipinski definition) is 4. The summed E-state index contributed by atoms with van der Waals surface area (Å²) >= 11 is 0. The zero-order valence-electron chi connectivity index (χ0n) is 12.7. The third kappa shape index (κ3) is 2.26. The Balaban J connectivity index is 1.95. The Bertz CT molecular complexity index is 443. The van der Waals surface area contributed by atoms with E-state index in [4.69, 9.17) is 9.47 Å². The monoisotopic (exact) mass is 285 g/mol. The van der Waals surface area contributed by atoms with Gasteiger partial charge in [-0.2, -0.15) is 0 Å². The molecule has 2 bridgehead atoms. The molecule has 20 heavy (non-hydrogen) atoms. The second-order valence-corrected chi connectivity index (χ2v) is 7.39. The molecule has 0 aromatic heterocycles. The maximum Gasteiger partial charge on any atom is 0.407 e. The summed E-state index contributed by atoms with van der Waals surface area (Å²) < 4.78 is 11.1. The van der Waals surface area contributed by atoms with Crippen molar-refractivity contribution < 1.29 is 24.2 Å². The molecule has 114 valence electrons. The highest BCUT2D eigenvalue weighted by Crippen LogP contribution is 2.66. The first-order chi connectivity index (χ1) is 8.92. The largest absolute Gasteiger partial charge is 0.481 e. The molecule has 0 radical (unpaired) electrons. The number of fused-ring (bicyclic) bond motifs is 1. The van der Waals surface area contributed by atoms with Crippen LogP contribution in [0.25, 0.3) is 0 Å². The average molecular weight is 285 g/mol. The Kier molecular flexibility index (Phi) is 3.09. The molecule has 3 aliphatic rings. The second kappa shape index (κ2) is 4.10. The van der Waals surface area contributed by atoms with E-state index in [2.05, 4.69) is 5.32 Å². The number of amides is 1. The Hall–Kier alpha value is -1.30. The van der Waals surface area contributed by atoms with Gasteiger partial charge in [0.15, 0.2) is 0 Å². The fourth-order valence-corrected chi connectivity index (χ4v) is 3.30. The van der Waals surface area contributed by atoms with Crippen LogP contribution in [0.15, 0.2) is 0 Å². The molecule has 0 aromatic carbocycles. The summed E-state index contributed by atoms with van der Waals surface area (Å²) in [6.07, 6.45) is 0.351. The quantitative estimate of drug-likeness (QED) is 0.827. The minimum Gasteiger partial charge on any atom is -0.481 e. The maximum atomic E-state index is 11.6. The highest BCUT2D eigenvalue weighted by atomic mass is 16.6. The summed E-state index contributed by atoms with van der Waals surface area (Å²) in [4.78, 5) is 23.1. The highest BCUT2D eigenvalue weighted by molar-refractivity contribution is 5.79. The van der Waals surface area contributed by atoms with Crippen molar-refractivity contribution in [3.8, 4) is 0 Å². The smallest absolute Gasteiger partial charge is 0.407 e. The fraction of sp³-hybridized carbons (Fsp3) is 0.857. The summed E-state index contributed by atoms with van der Waals surface area (Å²) in [5, 5.41) is 12.1. The van der Waals surface area contributed by atoms with Gasteiger partial charge in [-0.3, -0.25) is 4.79 Å². The van der Waals surface area contributed by atoms with Crippen LogP contribution in [-0.4, -0.2) is 40.5 Å². The number of carbonyl (C=O) groups excluding carboxylic acids is 1. The zero-order chi connectivity index (χ0) is 15.4. The molecule has 1 aliphatic carbocycles. The van der Waals surface area contributed by atoms with E-state index in [9.17, 15) is 14.7 Å². The van der Waals surface area contributed by atoms with Gasteiger partial charge in [0.25, 0.3) is 0 Å². The summed E-state index contributed by atoms with van der Waals surface area (Å²) in [6, 6.07) is 0. The van der Waals surface area contributed by atoms with E-state index in [0.29, 0.717) is 12.8 Å². The molecule has 3 fully saturated rings. The van der Waals surface area contributed by atoms with Gasteiger partial charge in [0.05, 0.1) is 17.7 Å². The Labute approximate surface area is 118 Å². The first-order valence-electron chi connectivity index (χ1n) is 6.82. The summed E-state index contributed by atoms with van der Waals surface area (Å²) in [6.45, 7) is 9.24. The lowest BCUT2D eigenvalue weighted by Crippen LogP contribution is -2.56. The van der Waals surface area contributed by atoms with E-state index in [1.807, 2.05) is 0 Å². The van der Waals surface area contributed by atoms with Crippen LogP contribution in [0.3, 0.4) is 0 Å². The van der Waals surface area contributed by atoms with Crippen LogP contribution in [0.5, 0.6) is 0 Å². The van der Waals surface area contributed by atoms with E-state index in [-0.39, 0.29) is 6.54 Å². The van der Waals surface area contributed by atoms with E-state index in [1.54, 1.807) is 34.6 Å². The minimum atomic E-state index is -0.831. The highest BCUT2D eigenvalue weighted by Gasteiger charge is 2.75. The first-order valence-corrected chi connectivity index (χ1v) is 6.82. The molecule has 2 N–H and O–H groups in total. The number of alkyl carbamates (subject to hydrolysis) is 1. The Morgan fingerprint density at radius 1 is 1.30 bits per heavy atom. The topological polar surface area (TPSA) is 84.9 Å². The molecule has 2 saturated heterocycles. The van der Waals surface area contributed by atoms with E-state index < -0.39 is 34.3 Å².